The summed E-state index contributed by atoms with van der Waals surface area (Å²) in [5.41, 5.74) is 3.29. The molecule has 4 rings (SSSR count). The van der Waals surface area contributed by atoms with Gasteiger partial charge in [-0.05, 0) is 29.2 Å². The highest BCUT2D eigenvalue weighted by molar-refractivity contribution is 6.03. The fourth-order valence-corrected chi connectivity index (χ4v) is 4.64. The van der Waals surface area contributed by atoms with Crippen LogP contribution in [0.15, 0.2) is 84.9 Å². The van der Waals surface area contributed by atoms with Crippen molar-refractivity contribution in [3.8, 4) is 0 Å². The Morgan fingerprint density at radius 3 is 1.65 bits per heavy atom. The van der Waals surface area contributed by atoms with E-state index < -0.39 is 12.0 Å². The molecule has 174 valence electrons. The van der Waals surface area contributed by atoms with Crippen molar-refractivity contribution in [2.75, 3.05) is 7.11 Å². The molecular formula is C29H29NO4. The van der Waals surface area contributed by atoms with Gasteiger partial charge in [-0.15, -0.1) is 0 Å². The quantitative estimate of drug-likeness (QED) is 0.384. The molecule has 0 spiro atoms. The maximum Gasteiger partial charge on any atom is 0.328 e. The molecule has 0 saturated heterocycles. The van der Waals surface area contributed by atoms with Crippen LogP contribution >= 0.6 is 0 Å². The van der Waals surface area contributed by atoms with Crippen molar-refractivity contribution in [3.63, 3.8) is 0 Å². The van der Waals surface area contributed by atoms with Gasteiger partial charge in [0, 0.05) is 28.9 Å². The number of esters is 1. The summed E-state index contributed by atoms with van der Waals surface area (Å²) in [4.78, 5) is 38.1. The van der Waals surface area contributed by atoms with Crippen LogP contribution in [0.1, 0.15) is 57.5 Å². The van der Waals surface area contributed by atoms with Gasteiger partial charge in [-0.2, -0.15) is 0 Å². The van der Waals surface area contributed by atoms with E-state index in [2.05, 4.69) is 29.6 Å². The summed E-state index contributed by atoms with van der Waals surface area (Å²) in [6, 6.07) is 26.2. The van der Waals surface area contributed by atoms with Gasteiger partial charge in [0.25, 0.3) is 5.91 Å². The van der Waals surface area contributed by atoms with E-state index in [0.29, 0.717) is 11.1 Å². The molecule has 5 heteroatoms. The zero-order chi connectivity index (χ0) is 24.2. The predicted octanol–water partition coefficient (Wildman–Crippen LogP) is 4.99. The van der Waals surface area contributed by atoms with Gasteiger partial charge in [0.05, 0.1) is 7.11 Å². The van der Waals surface area contributed by atoms with Crippen LogP contribution in [-0.4, -0.2) is 30.8 Å². The molecule has 1 aliphatic carbocycles. The molecule has 34 heavy (non-hydrogen) atoms. The Morgan fingerprint density at radius 2 is 1.21 bits per heavy atom. The maximum atomic E-state index is 13.5. The Hall–Kier alpha value is -3.73. The molecule has 3 aromatic carbocycles. The number of hydrogen-bond acceptors (Lipinski definition) is 4. The van der Waals surface area contributed by atoms with E-state index in [1.54, 1.807) is 24.3 Å². The van der Waals surface area contributed by atoms with Crippen LogP contribution in [0.25, 0.3) is 0 Å². The van der Waals surface area contributed by atoms with E-state index in [1.807, 2.05) is 50.2 Å². The van der Waals surface area contributed by atoms with Crippen LogP contribution in [0.3, 0.4) is 0 Å². The zero-order valence-electron chi connectivity index (χ0n) is 19.6. The first-order chi connectivity index (χ1) is 16.4. The maximum absolute atomic E-state index is 13.5. The van der Waals surface area contributed by atoms with Gasteiger partial charge in [0.1, 0.15) is 6.04 Å². The monoisotopic (exact) mass is 455 g/mol. The summed E-state index contributed by atoms with van der Waals surface area (Å²) in [6.45, 7) is 3.68. The highest BCUT2D eigenvalue weighted by Crippen LogP contribution is 2.61. The molecule has 5 nitrogen and oxygen atoms in total. The summed E-state index contributed by atoms with van der Waals surface area (Å²) in [5.74, 6) is -0.783. The Kier molecular flexibility index (Phi) is 6.92. The number of hydrogen-bond donors (Lipinski definition) is 1. The Bertz CT molecular complexity index is 1110. The van der Waals surface area contributed by atoms with E-state index in [-0.39, 0.29) is 35.4 Å². The summed E-state index contributed by atoms with van der Waals surface area (Å²) < 4.78 is 4.79. The molecule has 1 amide bonds. The largest absolute Gasteiger partial charge is 0.467 e. The first-order valence-electron chi connectivity index (χ1n) is 11.5. The molecule has 0 aromatic heterocycles. The molecule has 3 atom stereocenters. The van der Waals surface area contributed by atoms with Gasteiger partial charge in [-0.3, -0.25) is 9.59 Å². The van der Waals surface area contributed by atoms with Gasteiger partial charge in [-0.1, -0.05) is 86.6 Å². The summed E-state index contributed by atoms with van der Waals surface area (Å²) in [5, 5.41) is 2.73. The van der Waals surface area contributed by atoms with Crippen molar-refractivity contribution in [3.05, 3.63) is 107 Å². The van der Waals surface area contributed by atoms with Crippen molar-refractivity contribution in [2.45, 2.75) is 31.7 Å². The molecule has 0 aliphatic heterocycles. The van der Waals surface area contributed by atoms with Crippen LogP contribution < -0.4 is 5.32 Å². The Labute approximate surface area is 200 Å². The lowest BCUT2D eigenvalue weighted by Gasteiger charge is -2.19. The van der Waals surface area contributed by atoms with E-state index in [4.69, 9.17) is 4.74 Å². The molecule has 1 N–H and O–H groups in total. The molecule has 0 unspecified atom stereocenters. The minimum atomic E-state index is -0.733. The Balaban J connectivity index is 1.52. The topological polar surface area (TPSA) is 72.5 Å². The zero-order valence-corrected chi connectivity index (χ0v) is 19.6. The van der Waals surface area contributed by atoms with Crippen LogP contribution in [0.4, 0.5) is 0 Å². The second-order valence-electron chi connectivity index (χ2n) is 9.06. The van der Waals surface area contributed by atoms with Crippen LogP contribution in [0.5, 0.6) is 0 Å². The SMILES string of the molecule is COC(=O)[C@@H](NC(=O)c1ccc(C(=O)C2[C@@H](c3ccccc3)[C@@H]2c2ccccc2)cc1)C(C)C. The standard InChI is InChI=1S/C29H29NO4/c1-18(2)26(29(33)34-3)30-28(32)22-16-14-21(15-17-22)27(31)25-23(19-10-6-4-7-11-19)24(25)20-12-8-5-9-13-20/h4-18,23-26H,1-3H3,(H,30,32)/t23-,24-,26-/m0/s1. The second kappa shape index (κ2) is 10.0. The second-order valence-corrected chi connectivity index (χ2v) is 9.06. The smallest absolute Gasteiger partial charge is 0.328 e. The third-order valence-corrected chi connectivity index (χ3v) is 6.53. The molecule has 3 aromatic rings. The molecule has 0 radical (unpaired) electrons. The third kappa shape index (κ3) is 4.79. The van der Waals surface area contributed by atoms with Gasteiger partial charge in [0.15, 0.2) is 5.78 Å². The van der Waals surface area contributed by atoms with Gasteiger partial charge in [0.2, 0.25) is 0 Å². The first-order valence-corrected chi connectivity index (χ1v) is 11.5. The first kappa shape index (κ1) is 23.4. The van der Waals surface area contributed by atoms with E-state index >= 15 is 0 Å². The molecular weight excluding hydrogens is 426 g/mol. The van der Waals surface area contributed by atoms with E-state index in [1.165, 1.54) is 7.11 Å². The van der Waals surface area contributed by atoms with Crippen molar-refractivity contribution in [2.24, 2.45) is 11.8 Å². The van der Waals surface area contributed by atoms with Crippen molar-refractivity contribution in [1.82, 2.24) is 5.32 Å². The molecule has 0 bridgehead atoms. The predicted molar refractivity (Wildman–Crippen MR) is 131 cm³/mol. The molecule has 1 aliphatic rings. The van der Waals surface area contributed by atoms with Gasteiger partial charge < -0.3 is 10.1 Å². The minimum Gasteiger partial charge on any atom is -0.467 e. The number of benzene rings is 3. The lowest BCUT2D eigenvalue weighted by atomic mass is 10.0. The average molecular weight is 456 g/mol. The summed E-state index contributed by atoms with van der Waals surface area (Å²) in [6.07, 6.45) is 0. The summed E-state index contributed by atoms with van der Waals surface area (Å²) in [7, 11) is 1.30. The van der Waals surface area contributed by atoms with E-state index in [9.17, 15) is 14.4 Å². The lowest BCUT2D eigenvalue weighted by molar-refractivity contribution is -0.144. The third-order valence-electron chi connectivity index (χ3n) is 6.53. The minimum absolute atomic E-state index is 0.0734. The molecule has 0 heterocycles. The van der Waals surface area contributed by atoms with Gasteiger partial charge >= 0.3 is 5.97 Å². The number of rotatable bonds is 8. The van der Waals surface area contributed by atoms with Gasteiger partial charge in [-0.25, -0.2) is 4.79 Å². The number of carbonyl (C=O) groups excluding carboxylic acids is 3. The fourth-order valence-electron chi connectivity index (χ4n) is 4.64. The van der Waals surface area contributed by atoms with Crippen molar-refractivity contribution in [1.29, 1.82) is 0 Å². The number of nitrogens with one attached hydrogen (secondary N) is 1. The fraction of sp³-hybridized carbons (Fsp3) is 0.276. The number of ether oxygens (including phenoxy) is 1. The van der Waals surface area contributed by atoms with Crippen molar-refractivity contribution >= 4 is 17.7 Å². The van der Waals surface area contributed by atoms with Crippen LogP contribution in [0.2, 0.25) is 0 Å². The van der Waals surface area contributed by atoms with E-state index in [0.717, 1.165) is 11.1 Å². The number of amides is 1. The number of Topliss-reactive ketones (excluding diaryl/α,β-unsaturated/α-hetero) is 1. The normalized spacial score (nSPS) is 19.8. The van der Waals surface area contributed by atoms with Crippen LogP contribution in [-0.2, 0) is 9.53 Å². The highest BCUT2D eigenvalue weighted by atomic mass is 16.5. The number of ketones is 1. The average Bonchev–Trinajstić information content (AvgIpc) is 3.63. The number of carbonyl (C=O) groups is 3. The molecule has 1 saturated carbocycles. The highest BCUT2D eigenvalue weighted by Gasteiger charge is 2.55. The number of methoxy groups -OCH3 is 1. The summed E-state index contributed by atoms with van der Waals surface area (Å²) >= 11 is 0. The van der Waals surface area contributed by atoms with Crippen LogP contribution in [0, 0.1) is 11.8 Å². The molecule has 1 fully saturated rings. The lowest BCUT2D eigenvalue weighted by Crippen LogP contribution is -2.45. The van der Waals surface area contributed by atoms with Crippen molar-refractivity contribution < 1.29 is 19.1 Å². The Morgan fingerprint density at radius 1 is 0.735 bits per heavy atom.